The fourth-order valence-corrected chi connectivity index (χ4v) is 3.66. The van der Waals surface area contributed by atoms with E-state index in [0.29, 0.717) is 34.0 Å². The quantitative estimate of drug-likeness (QED) is 0.693. The summed E-state index contributed by atoms with van der Waals surface area (Å²) in [7, 11) is 1.68. The van der Waals surface area contributed by atoms with E-state index in [9.17, 15) is 9.59 Å². The first-order valence-corrected chi connectivity index (χ1v) is 9.17. The molecule has 0 spiro atoms. The largest absolute Gasteiger partial charge is 0.397 e. The minimum Gasteiger partial charge on any atom is -0.397 e. The Balaban J connectivity index is 1.65. The molecule has 0 aliphatic rings. The molecule has 0 bridgehead atoms. The minimum absolute atomic E-state index is 0.130. The first kappa shape index (κ1) is 18.7. The van der Waals surface area contributed by atoms with Crippen LogP contribution in [0.2, 0.25) is 0 Å². The summed E-state index contributed by atoms with van der Waals surface area (Å²) < 4.78 is 0. The number of aromatic nitrogens is 3. The topological polar surface area (TPSA) is 114 Å². The van der Waals surface area contributed by atoms with Gasteiger partial charge >= 0.3 is 0 Å². The van der Waals surface area contributed by atoms with Gasteiger partial charge in [-0.3, -0.25) is 14.6 Å². The fraction of sp³-hybridized carbons (Fsp3) is 0.278. The van der Waals surface area contributed by atoms with Gasteiger partial charge in [-0.15, -0.1) is 16.4 Å². The Morgan fingerprint density at radius 2 is 1.93 bits per heavy atom. The van der Waals surface area contributed by atoms with E-state index in [1.165, 1.54) is 11.3 Å². The highest BCUT2D eigenvalue weighted by Crippen LogP contribution is 2.34. The maximum absolute atomic E-state index is 12.5. The van der Waals surface area contributed by atoms with Gasteiger partial charge in [0.1, 0.15) is 9.71 Å². The van der Waals surface area contributed by atoms with Crippen molar-refractivity contribution in [1.82, 2.24) is 25.4 Å². The van der Waals surface area contributed by atoms with Crippen molar-refractivity contribution >= 4 is 39.1 Å². The molecule has 0 aliphatic carbocycles. The highest BCUT2D eigenvalue weighted by molar-refractivity contribution is 7.21. The lowest BCUT2D eigenvalue weighted by Gasteiger charge is -2.17. The van der Waals surface area contributed by atoms with Crippen LogP contribution in [0.5, 0.6) is 0 Å². The number of thiophene rings is 1. The Labute approximate surface area is 160 Å². The lowest BCUT2D eigenvalue weighted by atomic mass is 10.1. The van der Waals surface area contributed by atoms with Crippen molar-refractivity contribution in [3.63, 3.8) is 0 Å². The first-order chi connectivity index (χ1) is 12.9. The molecule has 3 aromatic heterocycles. The molecule has 3 rings (SSSR count). The summed E-state index contributed by atoms with van der Waals surface area (Å²) in [6, 6.07) is 3.31. The Morgan fingerprint density at radius 1 is 1.22 bits per heavy atom. The van der Waals surface area contributed by atoms with Gasteiger partial charge < -0.3 is 16.0 Å². The summed E-state index contributed by atoms with van der Waals surface area (Å²) >= 11 is 1.22. The molecule has 140 valence electrons. The van der Waals surface area contributed by atoms with Gasteiger partial charge in [0.25, 0.3) is 11.8 Å². The van der Waals surface area contributed by atoms with E-state index in [-0.39, 0.29) is 11.8 Å². The number of pyridine rings is 1. The number of anilines is 1. The zero-order valence-corrected chi connectivity index (χ0v) is 16.1. The maximum atomic E-state index is 12.5. The van der Waals surface area contributed by atoms with E-state index in [0.717, 1.165) is 16.6 Å². The fourth-order valence-electron chi connectivity index (χ4n) is 2.64. The number of fused-ring (bicyclic) bond motifs is 1. The van der Waals surface area contributed by atoms with E-state index in [1.54, 1.807) is 36.5 Å². The van der Waals surface area contributed by atoms with Crippen molar-refractivity contribution in [2.45, 2.75) is 13.8 Å². The number of nitrogens with two attached hydrogens (primary N) is 1. The second-order valence-corrected chi connectivity index (χ2v) is 7.15. The van der Waals surface area contributed by atoms with Gasteiger partial charge in [0.2, 0.25) is 0 Å². The second-order valence-electron chi connectivity index (χ2n) is 6.15. The molecule has 3 N–H and O–H groups in total. The van der Waals surface area contributed by atoms with Gasteiger partial charge in [-0.1, -0.05) is 0 Å². The van der Waals surface area contributed by atoms with Crippen LogP contribution in [-0.4, -0.2) is 52.0 Å². The molecule has 2 amide bonds. The number of nitrogen functional groups attached to an aromatic ring is 1. The first-order valence-electron chi connectivity index (χ1n) is 8.35. The number of hydrogen-bond acceptors (Lipinski definition) is 7. The molecule has 27 heavy (non-hydrogen) atoms. The van der Waals surface area contributed by atoms with E-state index in [1.807, 2.05) is 13.8 Å². The molecule has 8 nitrogen and oxygen atoms in total. The third-order valence-corrected chi connectivity index (χ3v) is 5.44. The van der Waals surface area contributed by atoms with Gasteiger partial charge in [-0.25, -0.2) is 0 Å². The molecule has 3 heterocycles. The van der Waals surface area contributed by atoms with Crippen LogP contribution in [0.1, 0.15) is 31.3 Å². The number of rotatable bonds is 5. The van der Waals surface area contributed by atoms with Gasteiger partial charge in [0.15, 0.2) is 0 Å². The molecular formula is C18H20N6O2S. The monoisotopic (exact) mass is 384 g/mol. The number of hydrogen-bond donors (Lipinski definition) is 2. The summed E-state index contributed by atoms with van der Waals surface area (Å²) in [5, 5.41) is 11.8. The molecule has 0 aromatic carbocycles. The Morgan fingerprint density at radius 3 is 2.63 bits per heavy atom. The van der Waals surface area contributed by atoms with Crippen molar-refractivity contribution < 1.29 is 9.59 Å². The molecule has 9 heteroatoms. The smallest absolute Gasteiger partial charge is 0.263 e. The molecule has 0 saturated carbocycles. The molecule has 0 aliphatic heterocycles. The van der Waals surface area contributed by atoms with Crippen LogP contribution in [0, 0.1) is 13.8 Å². The van der Waals surface area contributed by atoms with Gasteiger partial charge in [-0.2, -0.15) is 5.10 Å². The number of carbonyl (C=O) groups is 2. The van der Waals surface area contributed by atoms with Gasteiger partial charge in [-0.05, 0) is 31.5 Å². The minimum atomic E-state index is -0.280. The molecule has 0 saturated heterocycles. The third kappa shape index (κ3) is 3.72. The van der Waals surface area contributed by atoms with E-state index < -0.39 is 0 Å². The van der Waals surface area contributed by atoms with Crippen molar-refractivity contribution in [3.05, 3.63) is 46.2 Å². The Bertz CT molecular complexity index is 1000. The van der Waals surface area contributed by atoms with Crippen LogP contribution in [0.3, 0.4) is 0 Å². The Hall–Kier alpha value is -3.07. The number of nitrogens with zero attached hydrogens (tertiary/aromatic N) is 4. The molecular weight excluding hydrogens is 364 g/mol. The zero-order chi connectivity index (χ0) is 19.6. The van der Waals surface area contributed by atoms with Crippen LogP contribution in [0.25, 0.3) is 10.2 Å². The maximum Gasteiger partial charge on any atom is 0.263 e. The summed E-state index contributed by atoms with van der Waals surface area (Å²) in [4.78, 5) is 31.3. The van der Waals surface area contributed by atoms with Crippen molar-refractivity contribution in [1.29, 1.82) is 0 Å². The number of likely N-dealkylation sites (N-methyl/N-ethyl adjacent to an activating group) is 1. The predicted octanol–water partition coefficient (Wildman–Crippen LogP) is 1.79. The average molecular weight is 384 g/mol. The lowest BCUT2D eigenvalue weighted by molar-refractivity contribution is 0.0787. The molecule has 0 fully saturated rings. The van der Waals surface area contributed by atoms with Crippen LogP contribution in [0.4, 0.5) is 5.69 Å². The SMILES string of the molecule is Cc1nnc2sc(C(=O)NCCN(C)C(=O)c3ccncc3)c(N)c2c1C. The predicted molar refractivity (Wildman–Crippen MR) is 105 cm³/mol. The number of carbonyl (C=O) groups excluding carboxylic acids is 2. The third-order valence-electron chi connectivity index (χ3n) is 4.35. The van der Waals surface area contributed by atoms with Crippen LogP contribution >= 0.6 is 11.3 Å². The standard InChI is InChI=1S/C18H20N6O2S/c1-10-11(2)22-23-17-13(10)14(19)15(27-17)16(25)21-8-9-24(3)18(26)12-4-6-20-7-5-12/h4-7H,8-9,19H2,1-3H3,(H,21,25). The number of amides is 2. The highest BCUT2D eigenvalue weighted by atomic mass is 32.1. The van der Waals surface area contributed by atoms with Crippen LogP contribution in [-0.2, 0) is 0 Å². The van der Waals surface area contributed by atoms with Crippen molar-refractivity contribution in [2.24, 2.45) is 0 Å². The summed E-state index contributed by atoms with van der Waals surface area (Å²) in [5.74, 6) is -0.410. The average Bonchev–Trinajstić information content (AvgIpc) is 3.02. The van der Waals surface area contributed by atoms with E-state index in [4.69, 9.17) is 5.73 Å². The van der Waals surface area contributed by atoms with Crippen molar-refractivity contribution in [2.75, 3.05) is 25.9 Å². The molecule has 0 atom stereocenters. The van der Waals surface area contributed by atoms with E-state index >= 15 is 0 Å². The molecule has 0 unspecified atom stereocenters. The van der Waals surface area contributed by atoms with Crippen LogP contribution in [0.15, 0.2) is 24.5 Å². The van der Waals surface area contributed by atoms with Gasteiger partial charge in [0, 0.05) is 43.5 Å². The summed E-state index contributed by atoms with van der Waals surface area (Å²) in [6.07, 6.45) is 3.14. The summed E-state index contributed by atoms with van der Waals surface area (Å²) in [6.45, 7) is 4.45. The number of aryl methyl sites for hydroxylation is 2. The zero-order valence-electron chi connectivity index (χ0n) is 15.3. The summed E-state index contributed by atoms with van der Waals surface area (Å²) in [5.41, 5.74) is 8.86. The van der Waals surface area contributed by atoms with Crippen molar-refractivity contribution in [3.8, 4) is 0 Å². The van der Waals surface area contributed by atoms with Gasteiger partial charge in [0.05, 0.1) is 11.4 Å². The molecule has 0 radical (unpaired) electrons. The van der Waals surface area contributed by atoms with E-state index in [2.05, 4.69) is 20.5 Å². The highest BCUT2D eigenvalue weighted by Gasteiger charge is 2.20. The molecule has 3 aromatic rings. The second kappa shape index (κ2) is 7.67. The lowest BCUT2D eigenvalue weighted by Crippen LogP contribution is -2.36. The van der Waals surface area contributed by atoms with Crippen LogP contribution < -0.4 is 11.1 Å². The Kier molecular flexibility index (Phi) is 5.31. The normalized spacial score (nSPS) is 10.8. The number of nitrogens with one attached hydrogen (secondary N) is 1.